The average molecular weight is 414 g/mol. The lowest BCUT2D eigenvalue weighted by molar-refractivity contribution is 0.102. The number of benzene rings is 1. The van der Waals surface area contributed by atoms with Crippen molar-refractivity contribution in [1.29, 1.82) is 0 Å². The first-order valence-corrected chi connectivity index (χ1v) is 7.94. The fourth-order valence-electron chi connectivity index (χ4n) is 1.66. The quantitative estimate of drug-likeness (QED) is 0.793. The summed E-state index contributed by atoms with van der Waals surface area (Å²) in [5.74, 6) is 0.178. The lowest BCUT2D eigenvalue weighted by Crippen LogP contribution is -2.15. The molecule has 0 unspecified atom stereocenters. The maximum Gasteiger partial charge on any atom is 0.256 e. The Balaban J connectivity index is 2.25. The number of carbonyl (C=O) groups excluding carboxylic acids is 1. The van der Waals surface area contributed by atoms with Crippen LogP contribution in [0.4, 0.5) is 5.69 Å². The molecule has 0 bridgehead atoms. The van der Waals surface area contributed by atoms with Crippen molar-refractivity contribution in [1.82, 2.24) is 4.98 Å². The molecule has 0 saturated carbocycles. The highest BCUT2D eigenvalue weighted by Gasteiger charge is 2.14. The zero-order chi connectivity index (χ0) is 15.4. The molecular weight excluding hydrogens is 400 g/mol. The zero-order valence-electron chi connectivity index (χ0n) is 11.6. The first-order valence-electron chi connectivity index (χ1n) is 6.35. The maximum atomic E-state index is 12.4. The molecule has 6 heteroatoms. The van der Waals surface area contributed by atoms with Crippen LogP contribution >= 0.6 is 31.9 Å². The first-order chi connectivity index (χ1) is 9.97. The largest absolute Gasteiger partial charge is 0.473 e. The molecule has 2 rings (SSSR count). The number of carbonyl (C=O) groups is 1. The van der Waals surface area contributed by atoms with Crippen LogP contribution in [0.5, 0.6) is 5.88 Å². The Kier molecular flexibility index (Phi) is 5.36. The Morgan fingerprint density at radius 2 is 2.05 bits per heavy atom. The van der Waals surface area contributed by atoms with Gasteiger partial charge in [0.05, 0.1) is 11.7 Å². The molecule has 1 heterocycles. The van der Waals surface area contributed by atoms with Crippen molar-refractivity contribution >= 4 is 43.5 Å². The molecule has 110 valence electrons. The van der Waals surface area contributed by atoms with E-state index in [0.29, 0.717) is 17.1 Å². The van der Waals surface area contributed by atoms with Crippen LogP contribution in [0.15, 0.2) is 45.5 Å². The van der Waals surface area contributed by atoms with E-state index >= 15 is 0 Å². The lowest BCUT2D eigenvalue weighted by Gasteiger charge is -2.14. The van der Waals surface area contributed by atoms with E-state index in [-0.39, 0.29) is 12.0 Å². The van der Waals surface area contributed by atoms with Gasteiger partial charge < -0.3 is 10.1 Å². The van der Waals surface area contributed by atoms with Gasteiger partial charge in [0.2, 0.25) is 5.88 Å². The summed E-state index contributed by atoms with van der Waals surface area (Å²) in [6.45, 7) is 3.82. The number of anilines is 1. The minimum absolute atomic E-state index is 0.0202. The number of hydrogen-bond acceptors (Lipinski definition) is 3. The third-order valence-corrected chi connectivity index (χ3v) is 3.72. The monoisotopic (exact) mass is 412 g/mol. The van der Waals surface area contributed by atoms with E-state index in [0.717, 1.165) is 8.95 Å². The number of nitrogens with zero attached hydrogens (tertiary/aromatic N) is 1. The molecule has 0 saturated heterocycles. The standard InChI is InChI=1S/C15H14Br2N2O2/c1-9(2)21-15-13(4-3-7-18-15)19-14(20)11-8-10(16)5-6-12(11)17/h3-9H,1-2H3,(H,19,20). The third-order valence-electron chi connectivity index (χ3n) is 2.54. The second-order valence-corrected chi connectivity index (χ2v) is 6.37. The van der Waals surface area contributed by atoms with Crippen molar-refractivity contribution in [2.75, 3.05) is 5.32 Å². The van der Waals surface area contributed by atoms with Crippen molar-refractivity contribution in [2.24, 2.45) is 0 Å². The molecule has 21 heavy (non-hydrogen) atoms. The smallest absolute Gasteiger partial charge is 0.256 e. The molecule has 0 spiro atoms. The Bertz CT molecular complexity index is 660. The van der Waals surface area contributed by atoms with Crippen LogP contribution in [0.25, 0.3) is 0 Å². The first kappa shape index (κ1) is 16.0. The van der Waals surface area contributed by atoms with Gasteiger partial charge in [0, 0.05) is 15.1 Å². The summed E-state index contributed by atoms with van der Waals surface area (Å²) < 4.78 is 7.14. The molecular formula is C15H14Br2N2O2. The summed E-state index contributed by atoms with van der Waals surface area (Å²) in [4.78, 5) is 16.5. The Morgan fingerprint density at radius 3 is 2.76 bits per heavy atom. The van der Waals surface area contributed by atoms with Crippen LogP contribution in [0.1, 0.15) is 24.2 Å². The van der Waals surface area contributed by atoms with Gasteiger partial charge in [-0.25, -0.2) is 4.98 Å². The van der Waals surface area contributed by atoms with E-state index in [2.05, 4.69) is 42.2 Å². The van der Waals surface area contributed by atoms with E-state index in [9.17, 15) is 4.79 Å². The lowest BCUT2D eigenvalue weighted by atomic mass is 10.2. The number of halogens is 2. The normalized spacial score (nSPS) is 10.5. The van der Waals surface area contributed by atoms with Gasteiger partial charge in [-0.1, -0.05) is 15.9 Å². The Hall–Kier alpha value is -1.40. The molecule has 1 aromatic heterocycles. The van der Waals surface area contributed by atoms with Gasteiger partial charge in [-0.3, -0.25) is 4.79 Å². The predicted octanol–water partition coefficient (Wildman–Crippen LogP) is 4.65. The minimum Gasteiger partial charge on any atom is -0.473 e. The average Bonchev–Trinajstić information content (AvgIpc) is 2.43. The van der Waals surface area contributed by atoms with Crippen molar-refractivity contribution < 1.29 is 9.53 Å². The number of hydrogen-bond donors (Lipinski definition) is 1. The molecule has 2 aromatic rings. The summed E-state index contributed by atoms with van der Waals surface area (Å²) in [5.41, 5.74) is 1.08. The topological polar surface area (TPSA) is 51.2 Å². The molecule has 0 aliphatic carbocycles. The Morgan fingerprint density at radius 1 is 1.29 bits per heavy atom. The van der Waals surface area contributed by atoms with Gasteiger partial charge in [0.1, 0.15) is 5.69 Å². The van der Waals surface area contributed by atoms with Gasteiger partial charge in [-0.05, 0) is 60.1 Å². The van der Waals surface area contributed by atoms with Gasteiger partial charge >= 0.3 is 0 Å². The second-order valence-electron chi connectivity index (χ2n) is 4.60. The SMILES string of the molecule is CC(C)Oc1ncccc1NC(=O)c1cc(Br)ccc1Br. The number of aromatic nitrogens is 1. The van der Waals surface area contributed by atoms with Gasteiger partial charge in [-0.2, -0.15) is 0 Å². The molecule has 1 aromatic carbocycles. The zero-order valence-corrected chi connectivity index (χ0v) is 14.7. The second kappa shape index (κ2) is 7.04. The summed E-state index contributed by atoms with van der Waals surface area (Å²) in [5, 5.41) is 2.82. The van der Waals surface area contributed by atoms with Crippen LogP contribution in [-0.2, 0) is 0 Å². The summed E-state index contributed by atoms with van der Waals surface area (Å²) in [7, 11) is 0. The fraction of sp³-hybridized carbons (Fsp3) is 0.200. The van der Waals surface area contributed by atoms with E-state index in [1.165, 1.54) is 0 Å². The van der Waals surface area contributed by atoms with Crippen molar-refractivity contribution in [2.45, 2.75) is 20.0 Å². The molecule has 0 atom stereocenters. The number of ether oxygens (including phenoxy) is 1. The van der Waals surface area contributed by atoms with Crippen molar-refractivity contribution in [3.8, 4) is 5.88 Å². The van der Waals surface area contributed by atoms with Crippen LogP contribution in [0.3, 0.4) is 0 Å². The molecule has 1 N–H and O–H groups in total. The van der Waals surface area contributed by atoms with E-state index in [4.69, 9.17) is 4.74 Å². The van der Waals surface area contributed by atoms with Gasteiger partial charge in [0.15, 0.2) is 0 Å². The minimum atomic E-state index is -0.232. The molecule has 0 aliphatic rings. The number of rotatable bonds is 4. The number of amides is 1. The van der Waals surface area contributed by atoms with Crippen molar-refractivity contribution in [3.63, 3.8) is 0 Å². The van der Waals surface area contributed by atoms with E-state index in [1.807, 2.05) is 26.0 Å². The van der Waals surface area contributed by atoms with Crippen LogP contribution in [0, 0.1) is 0 Å². The fourth-order valence-corrected chi connectivity index (χ4v) is 2.45. The van der Waals surface area contributed by atoms with Gasteiger partial charge in [-0.15, -0.1) is 0 Å². The highest BCUT2D eigenvalue weighted by Crippen LogP contribution is 2.26. The highest BCUT2D eigenvalue weighted by molar-refractivity contribution is 9.11. The maximum absolute atomic E-state index is 12.4. The third kappa shape index (κ3) is 4.28. The molecule has 4 nitrogen and oxygen atoms in total. The number of pyridine rings is 1. The van der Waals surface area contributed by atoms with Gasteiger partial charge in [0.25, 0.3) is 5.91 Å². The van der Waals surface area contributed by atoms with Crippen LogP contribution in [-0.4, -0.2) is 17.0 Å². The number of nitrogens with one attached hydrogen (secondary N) is 1. The summed E-state index contributed by atoms with van der Waals surface area (Å²) >= 11 is 6.73. The van der Waals surface area contributed by atoms with E-state index < -0.39 is 0 Å². The molecule has 0 radical (unpaired) electrons. The Labute approximate surface area is 140 Å². The van der Waals surface area contributed by atoms with Crippen molar-refractivity contribution in [3.05, 3.63) is 51.0 Å². The summed E-state index contributed by atoms with van der Waals surface area (Å²) in [6.07, 6.45) is 1.61. The highest BCUT2D eigenvalue weighted by atomic mass is 79.9. The molecule has 0 fully saturated rings. The molecule has 1 amide bonds. The van der Waals surface area contributed by atoms with Crippen LogP contribution in [0.2, 0.25) is 0 Å². The summed E-state index contributed by atoms with van der Waals surface area (Å²) in [6, 6.07) is 8.93. The van der Waals surface area contributed by atoms with Crippen LogP contribution < -0.4 is 10.1 Å². The van der Waals surface area contributed by atoms with E-state index in [1.54, 1.807) is 24.4 Å². The predicted molar refractivity (Wildman–Crippen MR) is 89.8 cm³/mol. The molecule has 0 aliphatic heterocycles.